The summed E-state index contributed by atoms with van der Waals surface area (Å²) in [7, 11) is 0. The van der Waals surface area contributed by atoms with Gasteiger partial charge < -0.3 is 35.2 Å². The molecule has 1 aromatic carbocycles. The summed E-state index contributed by atoms with van der Waals surface area (Å²) in [6.07, 6.45) is 5.21. The number of aliphatic carboxylic acids is 1. The normalized spacial score (nSPS) is 22.3. The van der Waals surface area contributed by atoms with Crippen LogP contribution in [0.4, 0.5) is 0 Å². The van der Waals surface area contributed by atoms with Gasteiger partial charge in [-0.1, -0.05) is 13.3 Å². The van der Waals surface area contributed by atoms with Crippen molar-refractivity contribution in [2.45, 2.75) is 70.4 Å². The smallest absolute Gasteiger partial charge is 0.308 e. The molecule has 2 fully saturated rings. The highest BCUT2D eigenvalue weighted by Gasteiger charge is 2.47. The standard InChI is InChI=1S/C29H44N4O7/c1-2-3-10-32(13-6-9-30)26(36)17-33-16-22(20-14-21(18-34)28-24(15-20)39-19-40-28)27(29(37)38)23(33)7-4-11-31-12-5-8-25(31)35/h14-15,22-23,27,34H,2-13,16-19,30H2,1H3,(H,37,38)/t22-,23+,27-/m1/s1. The van der Waals surface area contributed by atoms with Gasteiger partial charge in [0.2, 0.25) is 18.6 Å². The fraction of sp³-hybridized carbons (Fsp3) is 0.690. The van der Waals surface area contributed by atoms with Gasteiger partial charge in [0, 0.05) is 56.7 Å². The molecule has 4 rings (SSSR count). The lowest BCUT2D eigenvalue weighted by atomic mass is 9.83. The first kappa shape index (κ1) is 30.1. The second kappa shape index (κ2) is 14.1. The van der Waals surface area contributed by atoms with Crippen molar-refractivity contribution in [3.8, 4) is 11.5 Å². The molecule has 0 saturated carbocycles. The van der Waals surface area contributed by atoms with Gasteiger partial charge in [-0.3, -0.25) is 19.3 Å². The zero-order chi connectivity index (χ0) is 28.6. The van der Waals surface area contributed by atoms with E-state index in [2.05, 4.69) is 6.92 Å². The van der Waals surface area contributed by atoms with Crippen LogP contribution in [-0.2, 0) is 21.0 Å². The number of hydrogen-bond acceptors (Lipinski definition) is 8. The SMILES string of the molecule is CCCCN(CCCN)C(=O)CN1C[C@H](c2cc(CO)c3c(c2)OCO3)[C@@H](C(=O)O)[C@@H]1CCCN1CCCC1=O. The minimum absolute atomic E-state index is 0.0202. The lowest BCUT2D eigenvalue weighted by Gasteiger charge is -2.30. The lowest BCUT2D eigenvalue weighted by Crippen LogP contribution is -2.45. The molecule has 0 aliphatic carbocycles. The Labute approximate surface area is 236 Å². The second-order valence-corrected chi connectivity index (χ2v) is 11.0. The largest absolute Gasteiger partial charge is 0.481 e. The van der Waals surface area contributed by atoms with Gasteiger partial charge in [0.15, 0.2) is 11.5 Å². The molecule has 40 heavy (non-hydrogen) atoms. The summed E-state index contributed by atoms with van der Waals surface area (Å²) in [4.78, 5) is 44.2. The van der Waals surface area contributed by atoms with E-state index in [9.17, 15) is 24.6 Å². The summed E-state index contributed by atoms with van der Waals surface area (Å²) in [5.41, 5.74) is 7.03. The van der Waals surface area contributed by atoms with Gasteiger partial charge in [-0.2, -0.15) is 0 Å². The van der Waals surface area contributed by atoms with Crippen molar-refractivity contribution >= 4 is 17.8 Å². The number of fused-ring (bicyclic) bond motifs is 1. The molecule has 3 atom stereocenters. The molecule has 2 amide bonds. The number of nitrogens with zero attached hydrogens (tertiary/aromatic N) is 3. The third kappa shape index (κ3) is 6.87. The summed E-state index contributed by atoms with van der Waals surface area (Å²) in [5.74, 6) is -0.976. The second-order valence-electron chi connectivity index (χ2n) is 11.0. The molecule has 2 saturated heterocycles. The van der Waals surface area contributed by atoms with Crippen molar-refractivity contribution in [2.75, 3.05) is 52.6 Å². The van der Waals surface area contributed by atoms with Crippen molar-refractivity contribution in [2.24, 2.45) is 11.7 Å². The Morgan fingerprint density at radius 1 is 1.18 bits per heavy atom. The molecule has 3 aliphatic heterocycles. The number of unbranched alkanes of at least 4 members (excludes halogenated alkanes) is 1. The van der Waals surface area contributed by atoms with Crippen LogP contribution in [0.3, 0.4) is 0 Å². The number of benzene rings is 1. The first-order valence-corrected chi connectivity index (χ1v) is 14.6. The molecule has 1 aromatic rings. The molecule has 222 valence electrons. The highest BCUT2D eigenvalue weighted by molar-refractivity contribution is 5.79. The van der Waals surface area contributed by atoms with Crippen molar-refractivity contribution in [1.29, 1.82) is 0 Å². The van der Waals surface area contributed by atoms with Gasteiger partial charge in [-0.05, 0) is 56.3 Å². The number of rotatable bonds is 15. The Balaban J connectivity index is 1.59. The topological polar surface area (TPSA) is 146 Å². The van der Waals surface area contributed by atoms with Gasteiger partial charge in [0.1, 0.15) is 0 Å². The number of carboxylic acids is 1. The molecule has 0 spiro atoms. The number of hydrogen-bond donors (Lipinski definition) is 3. The predicted molar refractivity (Wildman–Crippen MR) is 148 cm³/mol. The van der Waals surface area contributed by atoms with Gasteiger partial charge in [-0.15, -0.1) is 0 Å². The van der Waals surface area contributed by atoms with E-state index in [4.69, 9.17) is 15.2 Å². The number of aliphatic hydroxyl groups is 1. The van der Waals surface area contributed by atoms with Crippen LogP contribution in [0.1, 0.15) is 68.9 Å². The third-order valence-corrected chi connectivity index (χ3v) is 8.41. The molecule has 0 radical (unpaired) electrons. The molecule has 3 heterocycles. The highest BCUT2D eigenvalue weighted by atomic mass is 16.7. The summed E-state index contributed by atoms with van der Waals surface area (Å²) in [6, 6.07) is 3.23. The molecule has 11 nitrogen and oxygen atoms in total. The molecule has 11 heteroatoms. The van der Waals surface area contributed by atoms with Gasteiger partial charge in [-0.25, -0.2) is 0 Å². The highest BCUT2D eigenvalue weighted by Crippen LogP contribution is 2.44. The zero-order valence-electron chi connectivity index (χ0n) is 23.6. The van der Waals surface area contributed by atoms with Crippen LogP contribution in [-0.4, -0.2) is 101 Å². The molecule has 4 N–H and O–H groups in total. The van der Waals surface area contributed by atoms with Gasteiger partial charge in [0.25, 0.3) is 0 Å². The van der Waals surface area contributed by atoms with Crippen LogP contribution in [0.5, 0.6) is 11.5 Å². The monoisotopic (exact) mass is 560 g/mol. The molecular weight excluding hydrogens is 516 g/mol. The molecule has 0 bridgehead atoms. The van der Waals surface area contributed by atoms with E-state index >= 15 is 0 Å². The van der Waals surface area contributed by atoms with E-state index in [1.54, 1.807) is 6.07 Å². The van der Waals surface area contributed by atoms with Crippen LogP contribution < -0.4 is 15.2 Å². The zero-order valence-corrected chi connectivity index (χ0v) is 23.6. The van der Waals surface area contributed by atoms with Gasteiger partial charge in [0.05, 0.1) is 19.1 Å². The van der Waals surface area contributed by atoms with Crippen molar-refractivity contribution in [3.63, 3.8) is 0 Å². The minimum atomic E-state index is -0.920. The minimum Gasteiger partial charge on any atom is -0.481 e. The maximum Gasteiger partial charge on any atom is 0.308 e. The Morgan fingerprint density at radius 2 is 1.98 bits per heavy atom. The first-order valence-electron chi connectivity index (χ1n) is 14.6. The third-order valence-electron chi connectivity index (χ3n) is 8.41. The fourth-order valence-electron chi connectivity index (χ4n) is 6.33. The Kier molecular flexibility index (Phi) is 10.6. The van der Waals surface area contributed by atoms with Crippen LogP contribution in [0, 0.1) is 5.92 Å². The quantitative estimate of drug-likeness (QED) is 0.292. The van der Waals surface area contributed by atoms with E-state index in [1.807, 2.05) is 20.8 Å². The maximum absolute atomic E-state index is 13.5. The summed E-state index contributed by atoms with van der Waals surface area (Å²) in [5, 5.41) is 20.4. The van der Waals surface area contributed by atoms with Crippen molar-refractivity contribution in [1.82, 2.24) is 14.7 Å². The number of ether oxygens (including phenoxy) is 2. The van der Waals surface area contributed by atoms with Crippen LogP contribution in [0.25, 0.3) is 0 Å². The average molecular weight is 561 g/mol. The first-order chi connectivity index (χ1) is 19.4. The summed E-state index contributed by atoms with van der Waals surface area (Å²) >= 11 is 0. The Hall–Kier alpha value is -2.89. The Bertz CT molecular complexity index is 1040. The summed E-state index contributed by atoms with van der Waals surface area (Å²) in [6.45, 7) is 5.45. The fourth-order valence-corrected chi connectivity index (χ4v) is 6.33. The van der Waals surface area contributed by atoms with Crippen LogP contribution in [0.15, 0.2) is 12.1 Å². The van der Waals surface area contributed by atoms with Crippen LogP contribution in [0.2, 0.25) is 0 Å². The number of aliphatic hydroxyl groups excluding tert-OH is 1. The molecule has 3 aliphatic rings. The number of carbonyl (C=O) groups is 3. The van der Waals surface area contributed by atoms with Crippen LogP contribution >= 0.6 is 0 Å². The van der Waals surface area contributed by atoms with Gasteiger partial charge >= 0.3 is 5.97 Å². The maximum atomic E-state index is 13.5. The van der Waals surface area contributed by atoms with E-state index in [0.717, 1.165) is 31.4 Å². The van der Waals surface area contributed by atoms with E-state index in [0.29, 0.717) is 75.5 Å². The van der Waals surface area contributed by atoms with Crippen molar-refractivity contribution < 1.29 is 34.1 Å². The predicted octanol–water partition coefficient (Wildman–Crippen LogP) is 1.76. The van der Waals surface area contributed by atoms with E-state index < -0.39 is 17.8 Å². The Morgan fingerprint density at radius 3 is 2.65 bits per heavy atom. The van der Waals surface area contributed by atoms with E-state index in [-0.39, 0.29) is 37.8 Å². The number of carbonyl (C=O) groups excluding carboxylic acids is 2. The number of nitrogens with two attached hydrogens (primary N) is 1. The summed E-state index contributed by atoms with van der Waals surface area (Å²) < 4.78 is 11.1. The molecule has 0 aromatic heterocycles. The average Bonchev–Trinajstić information content (AvgIpc) is 3.67. The number of amides is 2. The lowest BCUT2D eigenvalue weighted by molar-refractivity contribution is -0.144. The van der Waals surface area contributed by atoms with E-state index in [1.165, 1.54) is 0 Å². The number of carboxylic acid groups (broad SMARTS) is 1. The number of likely N-dealkylation sites (tertiary alicyclic amines) is 2. The molecular formula is C29H44N4O7. The molecule has 0 unspecified atom stereocenters. The van der Waals surface area contributed by atoms with Crippen molar-refractivity contribution in [3.05, 3.63) is 23.3 Å².